The summed E-state index contributed by atoms with van der Waals surface area (Å²) in [6, 6.07) is 22.2. The molecule has 0 aliphatic carbocycles. The molecule has 0 saturated carbocycles. The third-order valence-corrected chi connectivity index (χ3v) is 4.51. The highest BCUT2D eigenvalue weighted by atomic mass is 16.6. The summed E-state index contributed by atoms with van der Waals surface area (Å²) in [4.78, 5) is 22.7. The van der Waals surface area contributed by atoms with Crippen molar-refractivity contribution < 1.29 is 14.5 Å². The molecule has 1 N–H and O–H groups in total. The van der Waals surface area contributed by atoms with Crippen molar-refractivity contribution >= 4 is 11.6 Å². The van der Waals surface area contributed by atoms with Gasteiger partial charge in [-0.2, -0.15) is 0 Å². The second-order valence-corrected chi connectivity index (χ2v) is 6.74. The van der Waals surface area contributed by atoms with E-state index in [1.54, 1.807) is 6.92 Å². The minimum atomic E-state index is -0.456. The number of nitrogens with zero attached hydrogens (tertiary/aromatic N) is 1. The molecule has 0 unspecified atom stereocenters. The minimum absolute atomic E-state index is 0.00613. The van der Waals surface area contributed by atoms with E-state index in [0.717, 1.165) is 16.7 Å². The number of ether oxygens (including phenoxy) is 1. The summed E-state index contributed by atoms with van der Waals surface area (Å²) < 4.78 is 5.72. The van der Waals surface area contributed by atoms with Gasteiger partial charge in [0, 0.05) is 23.7 Å². The zero-order chi connectivity index (χ0) is 20.6. The summed E-state index contributed by atoms with van der Waals surface area (Å²) in [7, 11) is 0. The minimum Gasteiger partial charge on any atom is -0.372 e. The second-order valence-electron chi connectivity index (χ2n) is 6.74. The predicted molar refractivity (Wildman–Crippen MR) is 110 cm³/mol. The van der Waals surface area contributed by atoms with Gasteiger partial charge in [0.05, 0.1) is 18.1 Å². The van der Waals surface area contributed by atoms with Crippen LogP contribution in [-0.4, -0.2) is 10.8 Å². The van der Waals surface area contributed by atoms with Crippen molar-refractivity contribution in [2.45, 2.75) is 26.7 Å². The first-order valence-electron chi connectivity index (χ1n) is 9.25. The maximum absolute atomic E-state index is 12.3. The van der Waals surface area contributed by atoms with E-state index in [9.17, 15) is 14.9 Å². The molecule has 6 nitrogen and oxygen atoms in total. The monoisotopic (exact) mass is 390 g/mol. The molecule has 0 aromatic heterocycles. The van der Waals surface area contributed by atoms with E-state index in [-0.39, 0.29) is 11.6 Å². The molecule has 1 amide bonds. The van der Waals surface area contributed by atoms with Gasteiger partial charge in [0.1, 0.15) is 0 Å². The molecular formula is C23H22N2O4. The Morgan fingerprint density at radius 2 is 1.55 bits per heavy atom. The van der Waals surface area contributed by atoms with Crippen LogP contribution in [0.4, 0.5) is 5.69 Å². The number of carbonyl (C=O) groups excluding carboxylic acids is 1. The molecule has 0 saturated heterocycles. The molecule has 148 valence electrons. The zero-order valence-corrected chi connectivity index (χ0v) is 16.1. The molecule has 0 heterocycles. The van der Waals surface area contributed by atoms with Crippen LogP contribution in [0.25, 0.3) is 0 Å². The molecule has 0 atom stereocenters. The lowest BCUT2D eigenvalue weighted by Gasteiger charge is -2.08. The number of rotatable bonds is 8. The summed E-state index contributed by atoms with van der Waals surface area (Å²) in [5.74, 6) is -0.265. The number of nitrogens with one attached hydrogen (secondary N) is 1. The summed E-state index contributed by atoms with van der Waals surface area (Å²) in [6.07, 6.45) is 0. The average molecular weight is 390 g/mol. The molecule has 3 aromatic rings. The average Bonchev–Trinajstić information content (AvgIpc) is 2.73. The zero-order valence-electron chi connectivity index (χ0n) is 16.1. The van der Waals surface area contributed by atoms with Crippen LogP contribution in [0.1, 0.15) is 32.6 Å². The second kappa shape index (κ2) is 9.61. The van der Waals surface area contributed by atoms with Crippen LogP contribution in [0.15, 0.2) is 72.8 Å². The van der Waals surface area contributed by atoms with Crippen LogP contribution in [-0.2, 0) is 24.5 Å². The highest BCUT2D eigenvalue weighted by Gasteiger charge is 2.13. The standard InChI is InChI=1S/C23H22N2O4/c1-17-13-21(11-12-22(17)25(27)28)23(26)24-14-18-7-9-20(10-8-18)16-29-15-19-5-3-2-4-6-19/h2-13H,14-16H2,1H3,(H,24,26). The Labute approximate surface area is 169 Å². The number of nitro benzene ring substituents is 1. The lowest BCUT2D eigenvalue weighted by molar-refractivity contribution is -0.385. The molecule has 0 aliphatic rings. The van der Waals surface area contributed by atoms with Gasteiger partial charge in [0.15, 0.2) is 0 Å². The number of hydrogen-bond acceptors (Lipinski definition) is 4. The quantitative estimate of drug-likeness (QED) is 0.452. The fourth-order valence-corrected chi connectivity index (χ4v) is 2.90. The van der Waals surface area contributed by atoms with Gasteiger partial charge < -0.3 is 10.1 Å². The van der Waals surface area contributed by atoms with E-state index < -0.39 is 4.92 Å². The first kappa shape index (κ1) is 20.2. The molecule has 0 spiro atoms. The van der Waals surface area contributed by atoms with Gasteiger partial charge in [-0.1, -0.05) is 54.6 Å². The van der Waals surface area contributed by atoms with E-state index >= 15 is 0 Å². The molecule has 0 fully saturated rings. The Kier molecular flexibility index (Phi) is 6.71. The Morgan fingerprint density at radius 3 is 2.17 bits per heavy atom. The van der Waals surface area contributed by atoms with Crippen molar-refractivity contribution in [2.24, 2.45) is 0 Å². The van der Waals surface area contributed by atoms with Gasteiger partial charge >= 0.3 is 0 Å². The van der Waals surface area contributed by atoms with Gasteiger partial charge in [0.25, 0.3) is 11.6 Å². The molecule has 0 aliphatic heterocycles. The molecule has 6 heteroatoms. The Hall–Kier alpha value is -3.51. The largest absolute Gasteiger partial charge is 0.372 e. The van der Waals surface area contributed by atoms with Crippen LogP contribution >= 0.6 is 0 Å². The molecular weight excluding hydrogens is 368 g/mol. The Bertz CT molecular complexity index is 986. The SMILES string of the molecule is Cc1cc(C(=O)NCc2ccc(COCc3ccccc3)cc2)ccc1[N+](=O)[O-]. The van der Waals surface area contributed by atoms with E-state index in [4.69, 9.17) is 4.74 Å². The van der Waals surface area contributed by atoms with Gasteiger partial charge in [-0.15, -0.1) is 0 Å². The van der Waals surface area contributed by atoms with Gasteiger partial charge in [-0.05, 0) is 35.7 Å². The third-order valence-electron chi connectivity index (χ3n) is 4.51. The van der Waals surface area contributed by atoms with Crippen molar-refractivity contribution in [3.8, 4) is 0 Å². The molecule has 0 bridgehead atoms. The fourth-order valence-electron chi connectivity index (χ4n) is 2.90. The summed E-state index contributed by atoms with van der Waals surface area (Å²) in [6.45, 7) is 3.07. The van der Waals surface area contributed by atoms with Crippen molar-refractivity contribution in [3.63, 3.8) is 0 Å². The maximum Gasteiger partial charge on any atom is 0.272 e. The van der Waals surface area contributed by atoms with Crippen LogP contribution in [0.5, 0.6) is 0 Å². The van der Waals surface area contributed by atoms with Crippen molar-refractivity contribution in [3.05, 3.63) is 111 Å². The highest BCUT2D eigenvalue weighted by molar-refractivity contribution is 5.94. The first-order chi connectivity index (χ1) is 14.0. The third kappa shape index (κ3) is 5.73. The number of nitro groups is 1. The smallest absolute Gasteiger partial charge is 0.272 e. The van der Waals surface area contributed by atoms with Crippen molar-refractivity contribution in [1.82, 2.24) is 5.32 Å². The Balaban J connectivity index is 1.49. The number of amides is 1. The number of aryl methyl sites for hydroxylation is 1. The van der Waals surface area contributed by atoms with Gasteiger partial charge in [-0.3, -0.25) is 14.9 Å². The lowest BCUT2D eigenvalue weighted by Crippen LogP contribution is -2.22. The van der Waals surface area contributed by atoms with E-state index in [0.29, 0.717) is 30.9 Å². The van der Waals surface area contributed by atoms with Gasteiger partial charge in [0.2, 0.25) is 0 Å². The summed E-state index contributed by atoms with van der Waals surface area (Å²) in [5, 5.41) is 13.7. The molecule has 3 rings (SSSR count). The molecule has 3 aromatic carbocycles. The summed E-state index contributed by atoms with van der Waals surface area (Å²) >= 11 is 0. The Morgan fingerprint density at radius 1 is 0.931 bits per heavy atom. The van der Waals surface area contributed by atoms with Crippen LogP contribution in [0.3, 0.4) is 0 Å². The van der Waals surface area contributed by atoms with Crippen LogP contribution in [0, 0.1) is 17.0 Å². The van der Waals surface area contributed by atoms with Crippen LogP contribution in [0.2, 0.25) is 0 Å². The fraction of sp³-hybridized carbons (Fsp3) is 0.174. The summed E-state index contributed by atoms with van der Waals surface area (Å²) in [5.41, 5.74) is 4.02. The van der Waals surface area contributed by atoms with Crippen LogP contribution < -0.4 is 5.32 Å². The highest BCUT2D eigenvalue weighted by Crippen LogP contribution is 2.18. The lowest BCUT2D eigenvalue weighted by atomic mass is 10.1. The number of hydrogen-bond donors (Lipinski definition) is 1. The normalized spacial score (nSPS) is 10.5. The van der Waals surface area contributed by atoms with Crippen molar-refractivity contribution in [1.29, 1.82) is 0 Å². The molecule has 0 radical (unpaired) electrons. The number of carbonyl (C=O) groups is 1. The molecule has 29 heavy (non-hydrogen) atoms. The first-order valence-corrected chi connectivity index (χ1v) is 9.25. The topological polar surface area (TPSA) is 81.5 Å². The van der Waals surface area contributed by atoms with E-state index in [1.807, 2.05) is 54.6 Å². The van der Waals surface area contributed by atoms with E-state index in [2.05, 4.69) is 5.32 Å². The number of benzene rings is 3. The van der Waals surface area contributed by atoms with Crippen molar-refractivity contribution in [2.75, 3.05) is 0 Å². The predicted octanol–water partition coefficient (Wildman–Crippen LogP) is 4.55. The van der Waals surface area contributed by atoms with E-state index in [1.165, 1.54) is 18.2 Å². The van der Waals surface area contributed by atoms with Gasteiger partial charge in [-0.25, -0.2) is 0 Å². The maximum atomic E-state index is 12.3.